The molecule has 3 aromatic rings. The SMILES string of the molecule is C[I-]C(=O)C1(Cc2ccccc2)CCN(C(=O)[C@@H](Cc2ccc(-c3ccccc3)cc2)N(C)C(=O)/C=C/CC(C)(C)N)CC1. The van der Waals surface area contributed by atoms with E-state index in [-0.39, 0.29) is 11.8 Å². The van der Waals surface area contributed by atoms with E-state index in [2.05, 4.69) is 36.4 Å². The van der Waals surface area contributed by atoms with Crippen molar-refractivity contribution in [1.29, 1.82) is 0 Å². The molecule has 3 aromatic carbocycles. The minimum atomic E-state index is -0.670. The Bertz CT molecular complexity index is 1420. The molecule has 234 valence electrons. The first-order valence-electron chi connectivity index (χ1n) is 15.2. The first-order valence-corrected chi connectivity index (χ1v) is 18.5. The van der Waals surface area contributed by atoms with Crippen molar-refractivity contribution in [2.45, 2.75) is 57.5 Å². The summed E-state index contributed by atoms with van der Waals surface area (Å²) in [4.78, 5) is 46.3. The summed E-state index contributed by atoms with van der Waals surface area (Å²) in [5, 5.41) is 0. The second-order valence-electron chi connectivity index (χ2n) is 12.6. The molecular weight excluding hydrogens is 661 g/mol. The van der Waals surface area contributed by atoms with Gasteiger partial charge < -0.3 is 5.73 Å². The van der Waals surface area contributed by atoms with E-state index < -0.39 is 38.2 Å². The summed E-state index contributed by atoms with van der Waals surface area (Å²) in [5.74, 6) is -0.303. The third kappa shape index (κ3) is 8.88. The maximum atomic E-state index is 14.2. The first kappa shape index (κ1) is 33.6. The van der Waals surface area contributed by atoms with Crippen LogP contribution in [0.25, 0.3) is 11.1 Å². The molecule has 1 aliphatic rings. The normalized spacial score (nSPS) is 15.7. The predicted octanol–water partition coefficient (Wildman–Crippen LogP) is 2.50. The molecule has 7 heteroatoms. The summed E-state index contributed by atoms with van der Waals surface area (Å²) in [7, 11) is 1.70. The molecule has 0 aromatic heterocycles. The average molecular weight is 707 g/mol. The Labute approximate surface area is 273 Å². The van der Waals surface area contributed by atoms with Crippen LogP contribution in [-0.2, 0) is 27.2 Å². The Balaban J connectivity index is 1.54. The molecule has 4 rings (SSSR count). The molecule has 0 radical (unpaired) electrons. The van der Waals surface area contributed by atoms with Crippen molar-refractivity contribution in [3.8, 4) is 11.1 Å². The number of halogens is 1. The number of likely N-dealkylation sites (tertiary alicyclic amines) is 1. The second kappa shape index (κ2) is 15.1. The van der Waals surface area contributed by atoms with Crippen molar-refractivity contribution in [3.05, 3.63) is 108 Å². The number of likely N-dealkylation sites (N-methyl/N-ethyl adjacent to an activating group) is 1. The van der Waals surface area contributed by atoms with E-state index in [0.29, 0.717) is 49.0 Å². The van der Waals surface area contributed by atoms with E-state index in [1.807, 2.05) is 72.2 Å². The Morgan fingerprint density at radius 1 is 0.909 bits per heavy atom. The van der Waals surface area contributed by atoms with Crippen LogP contribution in [0.1, 0.15) is 44.2 Å². The van der Waals surface area contributed by atoms with Gasteiger partial charge in [-0.2, -0.15) is 0 Å². The zero-order chi connectivity index (χ0) is 31.7. The van der Waals surface area contributed by atoms with Gasteiger partial charge in [0, 0.05) is 5.54 Å². The summed E-state index contributed by atoms with van der Waals surface area (Å²) in [6.45, 7) is 4.83. The molecule has 44 heavy (non-hydrogen) atoms. The van der Waals surface area contributed by atoms with Crippen LogP contribution >= 0.6 is 0 Å². The van der Waals surface area contributed by atoms with Crippen LogP contribution in [0.4, 0.5) is 0 Å². The monoisotopic (exact) mass is 706 g/mol. The van der Waals surface area contributed by atoms with E-state index >= 15 is 0 Å². The predicted molar refractivity (Wildman–Crippen MR) is 173 cm³/mol. The molecule has 0 spiro atoms. The Morgan fingerprint density at radius 2 is 1.48 bits per heavy atom. The van der Waals surface area contributed by atoms with E-state index in [0.717, 1.165) is 22.3 Å². The molecule has 1 heterocycles. The summed E-state index contributed by atoms with van der Waals surface area (Å²) in [6, 6.07) is 27.9. The Hall–Kier alpha value is -3.30. The van der Waals surface area contributed by atoms with Crippen molar-refractivity contribution in [3.63, 3.8) is 0 Å². The molecule has 2 N–H and O–H groups in total. The van der Waals surface area contributed by atoms with Gasteiger partial charge in [0.05, 0.1) is 0 Å². The quantitative estimate of drug-likeness (QED) is 0.136. The van der Waals surface area contributed by atoms with Gasteiger partial charge in [-0.05, 0) is 19.4 Å². The second-order valence-corrected chi connectivity index (χ2v) is 14.6. The van der Waals surface area contributed by atoms with Crippen molar-refractivity contribution >= 4 is 15.6 Å². The van der Waals surface area contributed by atoms with Crippen LogP contribution in [0, 0.1) is 5.41 Å². The Morgan fingerprint density at radius 3 is 2.05 bits per heavy atom. The minimum absolute atomic E-state index is 0.0764. The summed E-state index contributed by atoms with van der Waals surface area (Å²) < 4.78 is 0.363. The number of piperidine rings is 1. The zero-order valence-electron chi connectivity index (χ0n) is 26.3. The molecule has 0 bridgehead atoms. The molecule has 1 fully saturated rings. The third-order valence-corrected chi connectivity index (χ3v) is 10.6. The number of hydrogen-bond donors (Lipinski definition) is 1. The molecular formula is C37H45IN3O3-. The van der Waals surface area contributed by atoms with Crippen LogP contribution in [0.5, 0.6) is 0 Å². The summed E-state index contributed by atoms with van der Waals surface area (Å²) in [5.41, 5.74) is 9.62. The van der Waals surface area contributed by atoms with Gasteiger partial charge >= 0.3 is 213 Å². The van der Waals surface area contributed by atoms with E-state index in [4.69, 9.17) is 5.73 Å². The average Bonchev–Trinajstić information content (AvgIpc) is 3.03. The van der Waals surface area contributed by atoms with Crippen LogP contribution in [0.15, 0.2) is 97.1 Å². The fraction of sp³-hybridized carbons (Fsp3) is 0.378. The van der Waals surface area contributed by atoms with Crippen LogP contribution < -0.4 is 26.9 Å². The van der Waals surface area contributed by atoms with Gasteiger partial charge in [0.2, 0.25) is 0 Å². The van der Waals surface area contributed by atoms with Crippen molar-refractivity contribution in [1.82, 2.24) is 9.80 Å². The van der Waals surface area contributed by atoms with Gasteiger partial charge in [0.25, 0.3) is 0 Å². The van der Waals surface area contributed by atoms with Crippen LogP contribution in [-0.4, -0.2) is 62.1 Å². The van der Waals surface area contributed by atoms with E-state index in [9.17, 15) is 14.4 Å². The number of carbonyl (C=O) groups is 3. The van der Waals surface area contributed by atoms with Gasteiger partial charge in [-0.3, -0.25) is 0 Å². The summed E-state index contributed by atoms with van der Waals surface area (Å²) in [6.07, 6.45) is 6.25. The number of hydrogen-bond acceptors (Lipinski definition) is 4. The maximum absolute atomic E-state index is 14.2. The third-order valence-electron chi connectivity index (χ3n) is 8.50. The number of amides is 2. The van der Waals surface area contributed by atoms with E-state index in [1.165, 1.54) is 6.08 Å². The van der Waals surface area contributed by atoms with Gasteiger partial charge in [0.1, 0.15) is 0 Å². The number of benzene rings is 3. The fourth-order valence-electron chi connectivity index (χ4n) is 5.81. The molecule has 1 atom stereocenters. The molecule has 1 saturated heterocycles. The number of nitrogens with two attached hydrogens (primary N) is 1. The Kier molecular flexibility index (Phi) is 11.5. The van der Waals surface area contributed by atoms with Gasteiger partial charge in [-0.1, -0.05) is 30.3 Å². The molecule has 0 aliphatic carbocycles. The van der Waals surface area contributed by atoms with Gasteiger partial charge in [0.15, 0.2) is 0 Å². The van der Waals surface area contributed by atoms with Crippen molar-refractivity contribution < 1.29 is 35.6 Å². The van der Waals surface area contributed by atoms with Crippen LogP contribution in [0.2, 0.25) is 0 Å². The number of carbonyl (C=O) groups excluding carboxylic acids is 3. The molecule has 6 nitrogen and oxygen atoms in total. The number of nitrogens with zero attached hydrogens (tertiary/aromatic N) is 2. The van der Waals surface area contributed by atoms with E-state index in [1.54, 1.807) is 18.0 Å². The van der Waals surface area contributed by atoms with Crippen molar-refractivity contribution in [2.24, 2.45) is 11.1 Å². The molecule has 2 amide bonds. The van der Waals surface area contributed by atoms with Gasteiger partial charge in [-0.15, -0.1) is 0 Å². The summed E-state index contributed by atoms with van der Waals surface area (Å²) >= 11 is -0.572. The first-order chi connectivity index (χ1) is 21.0. The molecule has 0 saturated carbocycles. The van der Waals surface area contributed by atoms with Gasteiger partial charge in [-0.25, -0.2) is 0 Å². The number of alkyl halides is 1. The molecule has 0 unspecified atom stereocenters. The fourth-order valence-corrected chi connectivity index (χ4v) is 7.68. The van der Waals surface area contributed by atoms with Crippen LogP contribution in [0.3, 0.4) is 0 Å². The zero-order valence-corrected chi connectivity index (χ0v) is 28.5. The van der Waals surface area contributed by atoms with Crippen molar-refractivity contribution in [2.75, 3.05) is 25.1 Å². The topological polar surface area (TPSA) is 83.7 Å². The molecule has 1 aliphatic heterocycles. The standard InChI is InChI=1S/C37H45IN3O3/c1-36(2,39)21-11-16-33(42)40(4)32(26-28-17-19-31(20-18-28)30-14-9-6-10-15-30)34(43)41-24-22-37(23-25-41,35(44)38-3)27-29-12-7-5-8-13-29/h5-20,32H,21-27,39H2,1-4H3/q-1/b16-11+/t32-/m1/s1. The number of rotatable bonds is 12.